The molecule has 0 radical (unpaired) electrons. The number of phenolic OH excluding ortho intramolecular Hbond substituents is 1. The second kappa shape index (κ2) is 4.21. The summed E-state index contributed by atoms with van der Waals surface area (Å²) in [6, 6.07) is 6.09. The summed E-state index contributed by atoms with van der Waals surface area (Å²) in [6.45, 7) is 3.23. The van der Waals surface area contributed by atoms with Gasteiger partial charge in [0.2, 0.25) is 5.60 Å². The summed E-state index contributed by atoms with van der Waals surface area (Å²) in [6.07, 6.45) is 0.345. The zero-order valence-corrected chi connectivity index (χ0v) is 8.73. The number of hydrogen-bond acceptors (Lipinski definition) is 3. The average Bonchev–Trinajstić information content (AvgIpc) is 2.17. The molecule has 1 atom stereocenters. The topological polar surface area (TPSA) is 66.8 Å². The molecule has 0 aliphatic carbocycles. The molecule has 0 aliphatic heterocycles. The van der Waals surface area contributed by atoms with E-state index in [0.717, 1.165) is 0 Å². The third kappa shape index (κ3) is 2.62. The van der Waals surface area contributed by atoms with Crippen LogP contribution in [0.4, 0.5) is 0 Å². The summed E-state index contributed by atoms with van der Waals surface area (Å²) in [5.74, 6) is -0.619. The van der Waals surface area contributed by atoms with E-state index in [1.807, 2.05) is 0 Å². The predicted octanol–water partition coefficient (Wildman–Crippen LogP) is 2.02. The van der Waals surface area contributed by atoms with Crippen molar-refractivity contribution in [1.29, 1.82) is 0 Å². The van der Waals surface area contributed by atoms with Crippen molar-refractivity contribution in [2.24, 2.45) is 0 Å². The Morgan fingerprint density at radius 2 is 2.20 bits per heavy atom. The molecule has 4 nitrogen and oxygen atoms in total. The molecule has 0 saturated carbocycles. The number of benzene rings is 1. The van der Waals surface area contributed by atoms with Gasteiger partial charge >= 0.3 is 5.97 Å². The fourth-order valence-corrected chi connectivity index (χ4v) is 1.07. The monoisotopic (exact) mass is 210 g/mol. The molecule has 0 bridgehead atoms. The second-order valence-electron chi connectivity index (χ2n) is 3.49. The molecule has 0 amide bonds. The van der Waals surface area contributed by atoms with E-state index in [1.165, 1.54) is 19.1 Å². The van der Waals surface area contributed by atoms with Crippen molar-refractivity contribution < 1.29 is 19.7 Å². The minimum Gasteiger partial charge on any atom is -0.508 e. The van der Waals surface area contributed by atoms with Crippen LogP contribution in [-0.2, 0) is 4.79 Å². The van der Waals surface area contributed by atoms with E-state index in [0.29, 0.717) is 12.2 Å². The SMILES string of the molecule is CCC(C)(Oc1cccc(O)c1)C(=O)O. The van der Waals surface area contributed by atoms with E-state index in [-0.39, 0.29) is 5.75 Å². The number of phenols is 1. The largest absolute Gasteiger partial charge is 0.508 e. The Labute approximate surface area is 88.1 Å². The molecule has 0 aromatic heterocycles. The highest BCUT2D eigenvalue weighted by Gasteiger charge is 2.33. The second-order valence-corrected chi connectivity index (χ2v) is 3.49. The summed E-state index contributed by atoms with van der Waals surface area (Å²) >= 11 is 0. The van der Waals surface area contributed by atoms with Gasteiger partial charge in [-0.05, 0) is 25.5 Å². The molecule has 4 heteroatoms. The summed E-state index contributed by atoms with van der Waals surface area (Å²) < 4.78 is 5.33. The van der Waals surface area contributed by atoms with Crippen molar-refractivity contribution in [1.82, 2.24) is 0 Å². The van der Waals surface area contributed by atoms with Gasteiger partial charge in [0.1, 0.15) is 11.5 Å². The normalized spacial score (nSPS) is 14.3. The predicted molar refractivity (Wildman–Crippen MR) is 55.1 cm³/mol. The van der Waals surface area contributed by atoms with Gasteiger partial charge in [-0.2, -0.15) is 0 Å². The van der Waals surface area contributed by atoms with Gasteiger partial charge in [-0.1, -0.05) is 13.0 Å². The van der Waals surface area contributed by atoms with Crippen LogP contribution in [0.5, 0.6) is 11.5 Å². The van der Waals surface area contributed by atoms with E-state index >= 15 is 0 Å². The number of carboxylic acids is 1. The van der Waals surface area contributed by atoms with Crippen LogP contribution < -0.4 is 4.74 Å². The van der Waals surface area contributed by atoms with Gasteiger partial charge in [-0.25, -0.2) is 4.79 Å². The minimum atomic E-state index is -1.26. The molecule has 0 spiro atoms. The molecule has 1 aromatic carbocycles. The van der Waals surface area contributed by atoms with Crippen molar-refractivity contribution in [3.05, 3.63) is 24.3 Å². The fraction of sp³-hybridized carbons (Fsp3) is 0.364. The van der Waals surface area contributed by atoms with Gasteiger partial charge < -0.3 is 14.9 Å². The van der Waals surface area contributed by atoms with Crippen molar-refractivity contribution >= 4 is 5.97 Å². The first-order valence-corrected chi connectivity index (χ1v) is 4.69. The van der Waals surface area contributed by atoms with Gasteiger partial charge in [0.15, 0.2) is 0 Å². The number of carbonyl (C=O) groups is 1. The Morgan fingerprint density at radius 3 is 2.67 bits per heavy atom. The standard InChI is InChI=1S/C11H14O4/c1-3-11(2,10(13)14)15-9-6-4-5-8(12)7-9/h4-7,12H,3H2,1-2H3,(H,13,14). The minimum absolute atomic E-state index is 0.0522. The number of aromatic hydroxyl groups is 1. The molecule has 0 aliphatic rings. The Balaban J connectivity index is 2.89. The molecule has 15 heavy (non-hydrogen) atoms. The first-order chi connectivity index (χ1) is 6.98. The van der Waals surface area contributed by atoms with Crippen molar-refractivity contribution in [2.45, 2.75) is 25.9 Å². The fourth-order valence-electron chi connectivity index (χ4n) is 1.07. The van der Waals surface area contributed by atoms with Crippen molar-refractivity contribution in [3.63, 3.8) is 0 Å². The lowest BCUT2D eigenvalue weighted by atomic mass is 10.0. The van der Waals surface area contributed by atoms with E-state index in [2.05, 4.69) is 0 Å². The van der Waals surface area contributed by atoms with Crippen LogP contribution in [0.15, 0.2) is 24.3 Å². The lowest BCUT2D eigenvalue weighted by Gasteiger charge is -2.24. The smallest absolute Gasteiger partial charge is 0.347 e. The maximum Gasteiger partial charge on any atom is 0.347 e. The molecular formula is C11H14O4. The van der Waals surface area contributed by atoms with E-state index in [4.69, 9.17) is 9.84 Å². The van der Waals surface area contributed by atoms with Crippen LogP contribution in [0.25, 0.3) is 0 Å². The van der Waals surface area contributed by atoms with Gasteiger partial charge in [0, 0.05) is 6.07 Å². The first kappa shape index (κ1) is 11.4. The quantitative estimate of drug-likeness (QED) is 0.797. The van der Waals surface area contributed by atoms with Crippen LogP contribution in [-0.4, -0.2) is 21.8 Å². The van der Waals surface area contributed by atoms with Crippen molar-refractivity contribution in [2.75, 3.05) is 0 Å². The van der Waals surface area contributed by atoms with Crippen molar-refractivity contribution in [3.8, 4) is 11.5 Å². The molecular weight excluding hydrogens is 196 g/mol. The summed E-state index contributed by atoms with van der Waals surface area (Å²) in [7, 11) is 0. The molecule has 0 fully saturated rings. The first-order valence-electron chi connectivity index (χ1n) is 4.69. The highest BCUT2D eigenvalue weighted by atomic mass is 16.5. The van der Waals surface area contributed by atoms with Gasteiger partial charge in [0.25, 0.3) is 0 Å². The van der Waals surface area contributed by atoms with Gasteiger partial charge in [-0.3, -0.25) is 0 Å². The number of hydrogen-bond donors (Lipinski definition) is 2. The molecule has 0 heterocycles. The lowest BCUT2D eigenvalue weighted by Crippen LogP contribution is -2.40. The molecule has 1 unspecified atom stereocenters. The molecule has 82 valence electrons. The molecule has 2 N–H and O–H groups in total. The van der Waals surface area contributed by atoms with E-state index < -0.39 is 11.6 Å². The van der Waals surface area contributed by atoms with E-state index in [9.17, 15) is 9.90 Å². The van der Waals surface area contributed by atoms with E-state index in [1.54, 1.807) is 19.1 Å². The van der Waals surface area contributed by atoms with Gasteiger partial charge in [0.05, 0.1) is 0 Å². The van der Waals surface area contributed by atoms with Crippen LogP contribution >= 0.6 is 0 Å². The third-order valence-corrected chi connectivity index (χ3v) is 2.29. The highest BCUT2D eigenvalue weighted by molar-refractivity contribution is 5.77. The van der Waals surface area contributed by atoms with Gasteiger partial charge in [-0.15, -0.1) is 0 Å². The lowest BCUT2D eigenvalue weighted by molar-refractivity contribution is -0.154. The number of aliphatic carboxylic acids is 1. The maximum absolute atomic E-state index is 11.0. The Hall–Kier alpha value is -1.71. The van der Waals surface area contributed by atoms with Crippen LogP contribution in [0.1, 0.15) is 20.3 Å². The maximum atomic E-state index is 11.0. The molecule has 1 rings (SSSR count). The molecule has 0 saturated heterocycles. The summed E-state index contributed by atoms with van der Waals surface area (Å²) in [5.41, 5.74) is -1.26. The van der Waals surface area contributed by atoms with Crippen LogP contribution in [0.2, 0.25) is 0 Å². The highest BCUT2D eigenvalue weighted by Crippen LogP contribution is 2.24. The third-order valence-electron chi connectivity index (χ3n) is 2.29. The number of ether oxygens (including phenoxy) is 1. The number of carboxylic acid groups (broad SMARTS) is 1. The van der Waals surface area contributed by atoms with Crippen LogP contribution in [0.3, 0.4) is 0 Å². The summed E-state index contributed by atoms with van der Waals surface area (Å²) in [4.78, 5) is 11.0. The number of rotatable bonds is 4. The summed E-state index contributed by atoms with van der Waals surface area (Å²) in [5, 5.41) is 18.2. The molecule has 1 aromatic rings. The van der Waals surface area contributed by atoms with Crippen LogP contribution in [0, 0.1) is 0 Å². The average molecular weight is 210 g/mol. The Bertz CT molecular complexity index is 361. The zero-order valence-electron chi connectivity index (χ0n) is 8.73. The Morgan fingerprint density at radius 1 is 1.53 bits per heavy atom. The zero-order chi connectivity index (χ0) is 11.5. The Kier molecular flexibility index (Phi) is 3.19.